The third-order valence-corrected chi connectivity index (χ3v) is 3.51. The number of aromatic nitrogens is 1. The molecule has 0 atom stereocenters. The monoisotopic (exact) mass is 284 g/mol. The normalized spacial score (nSPS) is 11.1. The smallest absolute Gasteiger partial charge is 0.128 e. The molecule has 1 aromatic carbocycles. The van der Waals surface area contributed by atoms with Gasteiger partial charge < -0.3 is 19.0 Å². The van der Waals surface area contributed by atoms with Crippen LogP contribution in [0, 0.1) is 0 Å². The first-order valence-electron chi connectivity index (χ1n) is 7.31. The minimum atomic E-state index is 0.691. The lowest BCUT2D eigenvalue weighted by Crippen LogP contribution is -2.18. The molecule has 21 heavy (non-hydrogen) atoms. The zero-order chi connectivity index (χ0) is 14.5. The van der Waals surface area contributed by atoms with E-state index < -0.39 is 0 Å². The van der Waals surface area contributed by atoms with Crippen molar-refractivity contribution < 1.29 is 9.15 Å². The van der Waals surface area contributed by atoms with Gasteiger partial charge in [0.25, 0.3) is 0 Å². The van der Waals surface area contributed by atoms with Crippen molar-refractivity contribution >= 4 is 10.9 Å². The van der Waals surface area contributed by atoms with Gasteiger partial charge in [-0.15, -0.1) is 0 Å². The minimum absolute atomic E-state index is 0.691. The Kier molecular flexibility index (Phi) is 4.26. The van der Waals surface area contributed by atoms with Gasteiger partial charge in [-0.1, -0.05) is 6.07 Å². The average molecular weight is 284 g/mol. The molecule has 3 rings (SSSR count). The highest BCUT2D eigenvalue weighted by atomic mass is 16.5. The Bertz CT molecular complexity index is 686. The molecular formula is C17H20N2O2. The molecular weight excluding hydrogens is 264 g/mol. The molecule has 0 aliphatic rings. The van der Waals surface area contributed by atoms with E-state index in [9.17, 15) is 0 Å². The molecule has 4 heteroatoms. The van der Waals surface area contributed by atoms with Crippen molar-refractivity contribution in [3.63, 3.8) is 0 Å². The second kappa shape index (κ2) is 6.50. The quantitative estimate of drug-likeness (QED) is 0.676. The summed E-state index contributed by atoms with van der Waals surface area (Å²) >= 11 is 0. The van der Waals surface area contributed by atoms with Crippen LogP contribution < -0.4 is 10.1 Å². The van der Waals surface area contributed by atoms with E-state index in [-0.39, 0.29) is 0 Å². The fourth-order valence-electron chi connectivity index (χ4n) is 2.50. The molecule has 0 unspecified atom stereocenters. The molecule has 4 nitrogen and oxygen atoms in total. The van der Waals surface area contributed by atoms with Crippen LogP contribution in [0.5, 0.6) is 5.75 Å². The van der Waals surface area contributed by atoms with Crippen molar-refractivity contribution in [1.82, 2.24) is 9.88 Å². The lowest BCUT2D eigenvalue weighted by Gasteiger charge is -2.08. The van der Waals surface area contributed by atoms with Crippen LogP contribution in [-0.4, -0.2) is 17.7 Å². The molecule has 0 radical (unpaired) electrons. The molecule has 0 fully saturated rings. The summed E-state index contributed by atoms with van der Waals surface area (Å²) in [5, 5.41) is 4.59. The van der Waals surface area contributed by atoms with Crippen molar-refractivity contribution in [2.45, 2.75) is 20.0 Å². The predicted octanol–water partition coefficient (Wildman–Crippen LogP) is 3.42. The first kappa shape index (κ1) is 13.8. The number of benzene rings is 1. The summed E-state index contributed by atoms with van der Waals surface area (Å²) in [5.41, 5.74) is 2.39. The fraction of sp³-hybridized carbons (Fsp3) is 0.294. The second-order valence-electron chi connectivity index (χ2n) is 4.94. The maximum atomic E-state index is 5.67. The van der Waals surface area contributed by atoms with E-state index in [1.165, 1.54) is 16.5 Å². The molecule has 2 aromatic heterocycles. The average Bonchev–Trinajstić information content (AvgIpc) is 3.14. The molecule has 0 aliphatic carbocycles. The Morgan fingerprint density at radius 3 is 3.00 bits per heavy atom. The summed E-state index contributed by atoms with van der Waals surface area (Å²) in [6.45, 7) is 5.37. The van der Waals surface area contributed by atoms with E-state index in [1.807, 2.05) is 25.1 Å². The Hall–Kier alpha value is -2.20. The van der Waals surface area contributed by atoms with Crippen LogP contribution in [0.15, 0.2) is 53.5 Å². The number of rotatable bonds is 7. The summed E-state index contributed by atoms with van der Waals surface area (Å²) in [6.07, 6.45) is 5.59. The molecule has 0 saturated heterocycles. The highest BCUT2D eigenvalue weighted by Crippen LogP contribution is 2.26. The Morgan fingerprint density at radius 2 is 2.19 bits per heavy atom. The number of fused-ring (bicyclic) bond motifs is 1. The van der Waals surface area contributed by atoms with Gasteiger partial charge in [-0.25, -0.2) is 0 Å². The zero-order valence-corrected chi connectivity index (χ0v) is 12.2. The second-order valence-corrected chi connectivity index (χ2v) is 4.94. The number of hydrogen-bond donors (Lipinski definition) is 1. The first-order chi connectivity index (χ1) is 10.4. The molecule has 0 spiro atoms. The van der Waals surface area contributed by atoms with E-state index in [2.05, 4.69) is 28.2 Å². The SMILES string of the molecule is CCOc1cccc2c1ccn2CCNCc1ccoc1. The van der Waals surface area contributed by atoms with Gasteiger partial charge in [-0.2, -0.15) is 0 Å². The third-order valence-electron chi connectivity index (χ3n) is 3.51. The lowest BCUT2D eigenvalue weighted by molar-refractivity contribution is 0.344. The maximum Gasteiger partial charge on any atom is 0.128 e. The van der Waals surface area contributed by atoms with Crippen LogP contribution in [0.1, 0.15) is 12.5 Å². The molecule has 1 N–H and O–H groups in total. The van der Waals surface area contributed by atoms with Crippen LogP contribution in [0.3, 0.4) is 0 Å². The first-order valence-corrected chi connectivity index (χ1v) is 7.31. The molecule has 3 aromatic rings. The Labute approximate surface area is 124 Å². The number of nitrogens with zero attached hydrogens (tertiary/aromatic N) is 1. The number of furan rings is 1. The van der Waals surface area contributed by atoms with Crippen molar-refractivity contribution in [2.24, 2.45) is 0 Å². The Morgan fingerprint density at radius 1 is 1.24 bits per heavy atom. The lowest BCUT2D eigenvalue weighted by atomic mass is 10.2. The van der Waals surface area contributed by atoms with Gasteiger partial charge in [0.15, 0.2) is 0 Å². The van der Waals surface area contributed by atoms with Crippen molar-refractivity contribution in [1.29, 1.82) is 0 Å². The summed E-state index contributed by atoms with van der Waals surface area (Å²) in [4.78, 5) is 0. The largest absolute Gasteiger partial charge is 0.493 e. The van der Waals surface area contributed by atoms with Crippen molar-refractivity contribution in [3.05, 3.63) is 54.6 Å². The molecule has 2 heterocycles. The van der Waals surface area contributed by atoms with E-state index in [0.29, 0.717) is 6.61 Å². The third kappa shape index (κ3) is 3.11. The molecule has 0 aliphatic heterocycles. The van der Waals surface area contributed by atoms with Gasteiger partial charge in [0.1, 0.15) is 5.75 Å². The molecule has 0 bridgehead atoms. The summed E-state index contributed by atoms with van der Waals surface area (Å²) in [6, 6.07) is 10.3. The summed E-state index contributed by atoms with van der Waals surface area (Å²) < 4.78 is 13.0. The van der Waals surface area contributed by atoms with Crippen LogP contribution in [0.25, 0.3) is 10.9 Å². The maximum absolute atomic E-state index is 5.67. The minimum Gasteiger partial charge on any atom is -0.493 e. The van der Waals surface area contributed by atoms with Gasteiger partial charge in [0.2, 0.25) is 0 Å². The highest BCUT2D eigenvalue weighted by molar-refractivity contribution is 5.86. The predicted molar refractivity (Wildman–Crippen MR) is 83.5 cm³/mol. The van der Waals surface area contributed by atoms with Crippen LogP contribution in [-0.2, 0) is 13.1 Å². The van der Waals surface area contributed by atoms with Crippen molar-refractivity contribution in [2.75, 3.05) is 13.2 Å². The van der Waals surface area contributed by atoms with E-state index in [0.717, 1.165) is 25.4 Å². The fourth-order valence-corrected chi connectivity index (χ4v) is 2.50. The number of nitrogens with one attached hydrogen (secondary N) is 1. The molecule has 0 amide bonds. The summed E-state index contributed by atoms with van der Waals surface area (Å²) in [7, 11) is 0. The van der Waals surface area contributed by atoms with E-state index >= 15 is 0 Å². The van der Waals surface area contributed by atoms with Crippen LogP contribution in [0.2, 0.25) is 0 Å². The molecule has 0 saturated carbocycles. The van der Waals surface area contributed by atoms with E-state index in [4.69, 9.17) is 9.15 Å². The topological polar surface area (TPSA) is 39.3 Å². The van der Waals surface area contributed by atoms with Gasteiger partial charge in [-0.05, 0) is 31.2 Å². The van der Waals surface area contributed by atoms with Gasteiger partial charge in [0.05, 0.1) is 24.6 Å². The zero-order valence-electron chi connectivity index (χ0n) is 12.2. The van der Waals surface area contributed by atoms with Crippen LogP contribution in [0.4, 0.5) is 0 Å². The molecule has 110 valence electrons. The highest BCUT2D eigenvalue weighted by Gasteiger charge is 2.05. The Balaban J connectivity index is 1.63. The number of hydrogen-bond acceptors (Lipinski definition) is 3. The van der Waals surface area contributed by atoms with Gasteiger partial charge >= 0.3 is 0 Å². The van der Waals surface area contributed by atoms with Gasteiger partial charge in [0, 0.05) is 36.8 Å². The number of ether oxygens (including phenoxy) is 1. The summed E-state index contributed by atoms with van der Waals surface area (Å²) in [5.74, 6) is 0.958. The van der Waals surface area contributed by atoms with Gasteiger partial charge in [-0.3, -0.25) is 0 Å². The van der Waals surface area contributed by atoms with Crippen LogP contribution >= 0.6 is 0 Å². The standard InChI is InChI=1S/C17H20N2O2/c1-2-21-17-5-3-4-16-15(17)6-9-19(16)10-8-18-12-14-7-11-20-13-14/h3-7,9,11,13,18H,2,8,10,12H2,1H3. The van der Waals surface area contributed by atoms with Crippen molar-refractivity contribution in [3.8, 4) is 5.75 Å². The van der Waals surface area contributed by atoms with E-state index in [1.54, 1.807) is 12.5 Å².